The average Bonchev–Trinajstić information content (AvgIpc) is 2.21. The fourth-order valence-corrected chi connectivity index (χ4v) is 2.09. The van der Waals surface area contributed by atoms with E-state index in [0.29, 0.717) is 12.2 Å². The second kappa shape index (κ2) is 6.06. The number of amides is 1. The number of carbonyl (C=O) groups is 1. The highest BCUT2D eigenvalue weighted by molar-refractivity contribution is 5.93. The van der Waals surface area contributed by atoms with Crippen LogP contribution >= 0.6 is 0 Å². The Morgan fingerprint density at radius 3 is 2.58 bits per heavy atom. The Morgan fingerprint density at radius 2 is 2.00 bits per heavy atom. The molecular formula is C15H25N3O. The van der Waals surface area contributed by atoms with Gasteiger partial charge in [-0.05, 0) is 37.1 Å². The first-order valence-corrected chi connectivity index (χ1v) is 6.52. The van der Waals surface area contributed by atoms with E-state index >= 15 is 0 Å². The number of hydrogen-bond acceptors (Lipinski definition) is 3. The Kier molecular flexibility index (Phi) is 4.95. The molecule has 0 aromatic heterocycles. The molecule has 0 radical (unpaired) electrons. The monoisotopic (exact) mass is 263 g/mol. The van der Waals surface area contributed by atoms with E-state index in [9.17, 15) is 4.79 Å². The van der Waals surface area contributed by atoms with Gasteiger partial charge in [-0.25, -0.2) is 0 Å². The molecule has 4 heteroatoms. The van der Waals surface area contributed by atoms with Crippen molar-refractivity contribution in [2.75, 3.05) is 31.2 Å². The fourth-order valence-electron chi connectivity index (χ4n) is 2.09. The summed E-state index contributed by atoms with van der Waals surface area (Å²) < 4.78 is 0. The molecule has 0 aliphatic carbocycles. The number of nitrogens with zero attached hydrogens (tertiary/aromatic N) is 1. The van der Waals surface area contributed by atoms with Crippen molar-refractivity contribution in [3.8, 4) is 0 Å². The van der Waals surface area contributed by atoms with Crippen LogP contribution in [0, 0.1) is 12.3 Å². The van der Waals surface area contributed by atoms with Gasteiger partial charge in [-0.1, -0.05) is 26.8 Å². The van der Waals surface area contributed by atoms with Gasteiger partial charge in [0.25, 0.3) is 0 Å². The third-order valence-corrected chi connectivity index (χ3v) is 2.81. The maximum atomic E-state index is 12.0. The SMILES string of the molecule is Cc1c(N)cccc1NC(=O)CN(C)CC(C)(C)C. The Balaban J connectivity index is 2.58. The fraction of sp³-hybridized carbons (Fsp3) is 0.533. The molecule has 1 amide bonds. The minimum absolute atomic E-state index is 0.0135. The van der Waals surface area contributed by atoms with Crippen LogP contribution < -0.4 is 11.1 Å². The van der Waals surface area contributed by atoms with Gasteiger partial charge >= 0.3 is 0 Å². The van der Waals surface area contributed by atoms with Gasteiger partial charge in [0.2, 0.25) is 5.91 Å². The molecule has 4 nitrogen and oxygen atoms in total. The van der Waals surface area contributed by atoms with Crippen molar-refractivity contribution >= 4 is 17.3 Å². The lowest BCUT2D eigenvalue weighted by Crippen LogP contribution is -2.35. The van der Waals surface area contributed by atoms with E-state index in [0.717, 1.165) is 17.8 Å². The predicted octanol–water partition coefficient (Wildman–Crippen LogP) is 2.49. The molecule has 19 heavy (non-hydrogen) atoms. The summed E-state index contributed by atoms with van der Waals surface area (Å²) in [7, 11) is 1.96. The molecular weight excluding hydrogens is 238 g/mol. The summed E-state index contributed by atoms with van der Waals surface area (Å²) in [6.45, 7) is 9.63. The predicted molar refractivity (Wildman–Crippen MR) is 81.2 cm³/mol. The summed E-state index contributed by atoms with van der Waals surface area (Å²) in [5, 5.41) is 2.91. The van der Waals surface area contributed by atoms with Gasteiger partial charge in [-0.15, -0.1) is 0 Å². The summed E-state index contributed by atoms with van der Waals surface area (Å²) in [6, 6.07) is 5.54. The molecule has 0 saturated heterocycles. The van der Waals surface area contributed by atoms with Gasteiger partial charge in [0.15, 0.2) is 0 Å². The second-order valence-electron chi connectivity index (χ2n) is 6.30. The van der Waals surface area contributed by atoms with Crippen LogP contribution in [0.25, 0.3) is 0 Å². The summed E-state index contributed by atoms with van der Waals surface area (Å²) >= 11 is 0. The van der Waals surface area contributed by atoms with Gasteiger partial charge < -0.3 is 11.1 Å². The Bertz CT molecular complexity index is 449. The van der Waals surface area contributed by atoms with Crippen molar-refractivity contribution in [1.82, 2.24) is 4.90 Å². The first kappa shape index (κ1) is 15.5. The molecule has 0 aliphatic rings. The van der Waals surface area contributed by atoms with Crippen molar-refractivity contribution in [3.05, 3.63) is 23.8 Å². The molecule has 0 fully saturated rings. The number of rotatable bonds is 4. The molecule has 1 rings (SSSR count). The highest BCUT2D eigenvalue weighted by atomic mass is 16.2. The summed E-state index contributed by atoms with van der Waals surface area (Å²) in [5.74, 6) is -0.0135. The van der Waals surface area contributed by atoms with E-state index in [1.54, 1.807) is 0 Å². The van der Waals surface area contributed by atoms with E-state index in [1.807, 2.05) is 37.1 Å². The van der Waals surface area contributed by atoms with Crippen molar-refractivity contribution < 1.29 is 4.79 Å². The number of anilines is 2. The number of carbonyl (C=O) groups excluding carboxylic acids is 1. The van der Waals surface area contributed by atoms with Crippen LogP contribution in [0.3, 0.4) is 0 Å². The molecule has 0 saturated carbocycles. The molecule has 1 aromatic rings. The zero-order valence-corrected chi connectivity index (χ0v) is 12.6. The van der Waals surface area contributed by atoms with Gasteiger partial charge in [0.05, 0.1) is 6.54 Å². The third kappa shape index (κ3) is 5.30. The quantitative estimate of drug-likeness (QED) is 0.821. The minimum atomic E-state index is -0.0135. The van der Waals surface area contributed by atoms with Crippen LogP contribution in [0.4, 0.5) is 11.4 Å². The largest absolute Gasteiger partial charge is 0.398 e. The molecule has 3 N–H and O–H groups in total. The average molecular weight is 263 g/mol. The number of benzene rings is 1. The van der Waals surface area contributed by atoms with Gasteiger partial charge in [0, 0.05) is 17.9 Å². The van der Waals surface area contributed by atoms with E-state index in [4.69, 9.17) is 5.73 Å². The van der Waals surface area contributed by atoms with Crippen LogP contribution in [0.15, 0.2) is 18.2 Å². The highest BCUT2D eigenvalue weighted by Gasteiger charge is 2.16. The number of nitrogens with two attached hydrogens (primary N) is 1. The molecule has 0 unspecified atom stereocenters. The smallest absolute Gasteiger partial charge is 0.238 e. The van der Waals surface area contributed by atoms with E-state index in [-0.39, 0.29) is 11.3 Å². The first-order chi connectivity index (χ1) is 8.69. The summed E-state index contributed by atoms with van der Waals surface area (Å²) in [5.41, 5.74) is 8.39. The van der Waals surface area contributed by atoms with Crippen LogP contribution in [-0.2, 0) is 4.79 Å². The topological polar surface area (TPSA) is 58.4 Å². The van der Waals surface area contributed by atoms with E-state index in [1.165, 1.54) is 0 Å². The number of likely N-dealkylation sites (N-methyl/N-ethyl adjacent to an activating group) is 1. The first-order valence-electron chi connectivity index (χ1n) is 6.52. The summed E-state index contributed by atoms with van der Waals surface area (Å²) in [4.78, 5) is 14.0. The van der Waals surface area contributed by atoms with Gasteiger partial charge in [-0.3, -0.25) is 9.69 Å². The van der Waals surface area contributed by atoms with Crippen LogP contribution in [-0.4, -0.2) is 30.9 Å². The normalized spacial score (nSPS) is 11.7. The maximum Gasteiger partial charge on any atom is 0.238 e. The molecule has 106 valence electrons. The molecule has 0 bridgehead atoms. The standard InChI is InChI=1S/C15H25N3O/c1-11-12(16)7-6-8-13(11)17-14(19)9-18(5)10-15(2,3)4/h6-8H,9-10,16H2,1-5H3,(H,17,19). The lowest BCUT2D eigenvalue weighted by atomic mass is 9.96. The third-order valence-electron chi connectivity index (χ3n) is 2.81. The van der Waals surface area contributed by atoms with Crippen molar-refractivity contribution in [1.29, 1.82) is 0 Å². The van der Waals surface area contributed by atoms with Crippen LogP contribution in [0.2, 0.25) is 0 Å². The van der Waals surface area contributed by atoms with Crippen molar-refractivity contribution in [2.45, 2.75) is 27.7 Å². The van der Waals surface area contributed by atoms with Gasteiger partial charge in [-0.2, -0.15) is 0 Å². The van der Waals surface area contributed by atoms with Crippen molar-refractivity contribution in [2.24, 2.45) is 5.41 Å². The lowest BCUT2D eigenvalue weighted by Gasteiger charge is -2.26. The molecule has 0 atom stereocenters. The van der Waals surface area contributed by atoms with Crippen LogP contribution in [0.5, 0.6) is 0 Å². The second-order valence-corrected chi connectivity index (χ2v) is 6.30. The minimum Gasteiger partial charge on any atom is -0.398 e. The summed E-state index contributed by atoms with van der Waals surface area (Å²) in [6.07, 6.45) is 0. The molecule has 0 heterocycles. The molecule has 1 aromatic carbocycles. The Morgan fingerprint density at radius 1 is 1.37 bits per heavy atom. The number of nitrogen functional groups attached to an aromatic ring is 1. The van der Waals surface area contributed by atoms with Crippen LogP contribution in [0.1, 0.15) is 26.3 Å². The maximum absolute atomic E-state index is 12.0. The molecule has 0 spiro atoms. The highest BCUT2D eigenvalue weighted by Crippen LogP contribution is 2.20. The number of hydrogen-bond donors (Lipinski definition) is 2. The van der Waals surface area contributed by atoms with Gasteiger partial charge in [0.1, 0.15) is 0 Å². The van der Waals surface area contributed by atoms with Crippen molar-refractivity contribution in [3.63, 3.8) is 0 Å². The molecule has 0 aliphatic heterocycles. The lowest BCUT2D eigenvalue weighted by molar-refractivity contribution is -0.117. The van der Waals surface area contributed by atoms with E-state index < -0.39 is 0 Å². The zero-order valence-electron chi connectivity index (χ0n) is 12.6. The van der Waals surface area contributed by atoms with E-state index in [2.05, 4.69) is 26.1 Å². The Labute approximate surface area is 116 Å². The Hall–Kier alpha value is -1.55. The number of nitrogens with one attached hydrogen (secondary N) is 1. The zero-order chi connectivity index (χ0) is 14.6.